The minimum atomic E-state index is 0.605. The van der Waals surface area contributed by atoms with Gasteiger partial charge in [-0.1, -0.05) is 11.6 Å². The van der Waals surface area contributed by atoms with Gasteiger partial charge in [0.2, 0.25) is 0 Å². The molecule has 100 valence electrons. The van der Waals surface area contributed by atoms with Crippen LogP contribution in [-0.4, -0.2) is 9.97 Å². The van der Waals surface area contributed by atoms with E-state index in [1.165, 1.54) is 30.2 Å². The van der Waals surface area contributed by atoms with E-state index in [1.807, 2.05) is 12.1 Å². The van der Waals surface area contributed by atoms with Gasteiger partial charge in [-0.05, 0) is 61.2 Å². The molecule has 0 fully saturated rings. The second kappa shape index (κ2) is 5.82. The lowest BCUT2D eigenvalue weighted by atomic mass is 9.95. The molecule has 2 heterocycles. The number of nitriles is 1. The smallest absolute Gasteiger partial charge is 0.120 e. The van der Waals surface area contributed by atoms with Crippen molar-refractivity contribution in [3.63, 3.8) is 0 Å². The first kappa shape index (κ1) is 13.4. The van der Waals surface area contributed by atoms with Gasteiger partial charge in [-0.25, -0.2) is 9.97 Å². The first-order valence-corrected chi connectivity index (χ1v) is 7.68. The highest BCUT2D eigenvalue weighted by atomic mass is 35.5. The first-order valence-electron chi connectivity index (χ1n) is 6.48. The molecule has 0 atom stereocenters. The minimum Gasteiger partial charge on any atom is -0.248 e. The van der Waals surface area contributed by atoms with Crippen molar-refractivity contribution in [3.8, 4) is 6.07 Å². The number of aryl methyl sites for hydroxylation is 2. The van der Waals surface area contributed by atoms with E-state index in [0.717, 1.165) is 28.6 Å². The Kier molecular flexibility index (Phi) is 3.90. The Morgan fingerprint density at radius 3 is 2.85 bits per heavy atom. The number of rotatable bonds is 2. The van der Waals surface area contributed by atoms with Gasteiger partial charge in [0.05, 0.1) is 10.6 Å². The number of fused-ring (bicyclic) bond motifs is 1. The van der Waals surface area contributed by atoms with Crippen LogP contribution in [0.15, 0.2) is 34.4 Å². The van der Waals surface area contributed by atoms with Crippen molar-refractivity contribution in [2.45, 2.75) is 35.7 Å². The molecule has 5 heteroatoms. The summed E-state index contributed by atoms with van der Waals surface area (Å²) in [6.45, 7) is 0. The highest BCUT2D eigenvalue weighted by Crippen LogP contribution is 2.31. The molecule has 0 aromatic carbocycles. The summed E-state index contributed by atoms with van der Waals surface area (Å²) in [7, 11) is 0. The zero-order valence-electron chi connectivity index (χ0n) is 10.8. The van der Waals surface area contributed by atoms with E-state index in [0.29, 0.717) is 10.6 Å². The summed E-state index contributed by atoms with van der Waals surface area (Å²) >= 11 is 7.25. The van der Waals surface area contributed by atoms with Crippen molar-refractivity contribution < 1.29 is 0 Å². The normalized spacial score (nSPS) is 13.6. The third-order valence-corrected chi connectivity index (χ3v) is 4.47. The lowest BCUT2D eigenvalue weighted by Gasteiger charge is -2.16. The van der Waals surface area contributed by atoms with Crippen LogP contribution in [0.1, 0.15) is 29.7 Å². The third kappa shape index (κ3) is 2.79. The maximum absolute atomic E-state index is 9.30. The Morgan fingerprint density at radius 2 is 2.10 bits per heavy atom. The summed E-state index contributed by atoms with van der Waals surface area (Å²) in [5.41, 5.74) is 2.99. The van der Waals surface area contributed by atoms with Crippen LogP contribution in [0.2, 0.25) is 5.02 Å². The fourth-order valence-electron chi connectivity index (χ4n) is 2.29. The monoisotopic (exact) mass is 301 g/mol. The lowest BCUT2D eigenvalue weighted by molar-refractivity contribution is 0.660. The molecule has 0 saturated carbocycles. The summed E-state index contributed by atoms with van der Waals surface area (Å²) in [5.74, 6) is 0. The second-order valence-electron chi connectivity index (χ2n) is 4.68. The molecule has 0 amide bonds. The number of halogens is 1. The van der Waals surface area contributed by atoms with Crippen molar-refractivity contribution in [1.29, 1.82) is 5.26 Å². The Bertz CT molecular complexity index is 677. The predicted octanol–water partition coefficient (Wildman–Crippen LogP) is 4.03. The second-order valence-corrected chi connectivity index (χ2v) is 6.13. The van der Waals surface area contributed by atoms with Gasteiger partial charge in [0, 0.05) is 11.9 Å². The Balaban J connectivity index is 1.96. The molecule has 0 unspecified atom stereocenters. The van der Waals surface area contributed by atoms with Crippen LogP contribution in [0.5, 0.6) is 0 Å². The van der Waals surface area contributed by atoms with Gasteiger partial charge < -0.3 is 0 Å². The first-order chi connectivity index (χ1) is 9.76. The third-order valence-electron chi connectivity index (χ3n) is 3.29. The maximum atomic E-state index is 9.30. The molecule has 2 aromatic rings. The maximum Gasteiger partial charge on any atom is 0.120 e. The topological polar surface area (TPSA) is 49.6 Å². The van der Waals surface area contributed by atoms with Crippen molar-refractivity contribution in [2.24, 2.45) is 0 Å². The van der Waals surface area contributed by atoms with Crippen LogP contribution in [0.25, 0.3) is 0 Å². The van der Waals surface area contributed by atoms with Crippen LogP contribution in [-0.2, 0) is 12.8 Å². The largest absolute Gasteiger partial charge is 0.248 e. The Morgan fingerprint density at radius 1 is 1.25 bits per heavy atom. The minimum absolute atomic E-state index is 0.605. The quantitative estimate of drug-likeness (QED) is 0.840. The Labute approximate surface area is 127 Å². The molecule has 0 saturated heterocycles. The number of hydrogen-bond donors (Lipinski definition) is 0. The van der Waals surface area contributed by atoms with Crippen molar-refractivity contribution in [2.75, 3.05) is 0 Å². The highest BCUT2D eigenvalue weighted by molar-refractivity contribution is 7.99. The Hall–Kier alpha value is -1.57. The highest BCUT2D eigenvalue weighted by Gasteiger charge is 2.16. The average Bonchev–Trinajstić information content (AvgIpc) is 2.49. The van der Waals surface area contributed by atoms with Crippen LogP contribution in [0.4, 0.5) is 0 Å². The van der Waals surface area contributed by atoms with Crippen LogP contribution in [0, 0.1) is 11.3 Å². The zero-order valence-corrected chi connectivity index (χ0v) is 12.3. The molecule has 0 spiro atoms. The standard InChI is InChI=1S/C15H12ClN3S/c16-12-5-6-14(18-9-12)20-15-11(8-17)7-10-3-1-2-4-13(10)19-15/h5-7,9H,1-4H2. The molecule has 3 rings (SSSR count). The molecule has 1 aliphatic rings. The van der Waals surface area contributed by atoms with Crippen LogP contribution < -0.4 is 0 Å². The summed E-state index contributed by atoms with van der Waals surface area (Å²) in [5, 5.41) is 11.4. The van der Waals surface area contributed by atoms with Gasteiger partial charge >= 0.3 is 0 Å². The molecule has 2 aromatic heterocycles. The lowest BCUT2D eigenvalue weighted by Crippen LogP contribution is -2.07. The van der Waals surface area contributed by atoms with Gasteiger partial charge in [-0.2, -0.15) is 5.26 Å². The number of aromatic nitrogens is 2. The summed E-state index contributed by atoms with van der Waals surface area (Å²) in [4.78, 5) is 8.91. The molecular weight excluding hydrogens is 290 g/mol. The van der Waals surface area contributed by atoms with Crippen LogP contribution >= 0.6 is 23.4 Å². The molecule has 0 radical (unpaired) electrons. The summed E-state index contributed by atoms with van der Waals surface area (Å²) < 4.78 is 0. The molecule has 3 nitrogen and oxygen atoms in total. The van der Waals surface area contributed by atoms with Gasteiger partial charge in [0.25, 0.3) is 0 Å². The predicted molar refractivity (Wildman–Crippen MR) is 79.0 cm³/mol. The van der Waals surface area contributed by atoms with E-state index in [1.54, 1.807) is 12.3 Å². The average molecular weight is 302 g/mol. The molecule has 0 bridgehead atoms. The zero-order chi connectivity index (χ0) is 13.9. The van der Waals surface area contributed by atoms with E-state index in [4.69, 9.17) is 11.6 Å². The fourth-order valence-corrected chi connectivity index (χ4v) is 3.22. The molecule has 0 aliphatic heterocycles. The van der Waals surface area contributed by atoms with E-state index in [9.17, 15) is 5.26 Å². The molecule has 0 N–H and O–H groups in total. The summed E-state index contributed by atoms with van der Waals surface area (Å²) in [6, 6.07) is 7.86. The fraction of sp³-hybridized carbons (Fsp3) is 0.267. The van der Waals surface area contributed by atoms with E-state index in [2.05, 4.69) is 16.0 Å². The SMILES string of the molecule is N#Cc1cc2c(nc1Sc1ccc(Cl)cn1)CCCC2. The summed E-state index contributed by atoms with van der Waals surface area (Å²) in [6.07, 6.45) is 6.00. The van der Waals surface area contributed by atoms with E-state index in [-0.39, 0.29) is 0 Å². The van der Waals surface area contributed by atoms with Gasteiger partial charge in [-0.3, -0.25) is 0 Å². The number of nitrogens with zero attached hydrogens (tertiary/aromatic N) is 3. The van der Waals surface area contributed by atoms with Gasteiger partial charge in [0.1, 0.15) is 16.1 Å². The van der Waals surface area contributed by atoms with E-state index < -0.39 is 0 Å². The van der Waals surface area contributed by atoms with Crippen molar-refractivity contribution in [3.05, 3.63) is 46.2 Å². The van der Waals surface area contributed by atoms with Crippen molar-refractivity contribution >= 4 is 23.4 Å². The number of pyridine rings is 2. The van der Waals surface area contributed by atoms with Crippen LogP contribution in [0.3, 0.4) is 0 Å². The van der Waals surface area contributed by atoms with Gasteiger partial charge in [-0.15, -0.1) is 0 Å². The van der Waals surface area contributed by atoms with Crippen molar-refractivity contribution in [1.82, 2.24) is 9.97 Å². The molecule has 20 heavy (non-hydrogen) atoms. The molecule has 1 aliphatic carbocycles. The number of hydrogen-bond acceptors (Lipinski definition) is 4. The van der Waals surface area contributed by atoms with Gasteiger partial charge in [0.15, 0.2) is 0 Å². The molecular formula is C15H12ClN3S. The van der Waals surface area contributed by atoms with E-state index >= 15 is 0 Å².